The maximum Gasteiger partial charge on any atom is 0.451 e. The van der Waals surface area contributed by atoms with E-state index in [4.69, 9.17) is 4.74 Å². The second kappa shape index (κ2) is 5.58. The van der Waals surface area contributed by atoms with Gasteiger partial charge in [-0.3, -0.25) is 9.69 Å². The van der Waals surface area contributed by atoms with Crippen molar-refractivity contribution in [3.05, 3.63) is 23.8 Å². The number of ketones is 1. The smallest absolute Gasteiger partial charge is 0.378 e. The average molecular weight is 315 g/mol. The Morgan fingerprint density at radius 3 is 2.27 bits per heavy atom. The average Bonchev–Trinajstić information content (AvgIpc) is 2.45. The van der Waals surface area contributed by atoms with Crippen LogP contribution in [0, 0.1) is 5.92 Å². The van der Waals surface area contributed by atoms with E-state index in [1.807, 2.05) is 7.05 Å². The van der Waals surface area contributed by atoms with Crippen LogP contribution in [-0.2, 0) is 10.9 Å². The molecule has 0 aliphatic carbocycles. The molecule has 5 nitrogen and oxygen atoms in total. The molecule has 2 fully saturated rings. The van der Waals surface area contributed by atoms with Crippen LogP contribution >= 0.6 is 0 Å². The summed E-state index contributed by atoms with van der Waals surface area (Å²) in [5.41, 5.74) is 0.140. The van der Waals surface area contributed by atoms with Crippen LogP contribution < -0.4 is 0 Å². The molecule has 120 valence electrons. The van der Waals surface area contributed by atoms with Crippen molar-refractivity contribution >= 4 is 5.78 Å². The van der Waals surface area contributed by atoms with Crippen LogP contribution in [0.15, 0.2) is 12.4 Å². The molecule has 8 heteroatoms. The van der Waals surface area contributed by atoms with Gasteiger partial charge in [0.05, 0.1) is 18.8 Å². The van der Waals surface area contributed by atoms with Gasteiger partial charge in [0.25, 0.3) is 0 Å². The minimum atomic E-state index is -4.59. The van der Waals surface area contributed by atoms with Gasteiger partial charge < -0.3 is 4.74 Å². The number of morpholine rings is 1. The highest BCUT2D eigenvalue weighted by Gasteiger charge is 2.40. The second-order valence-corrected chi connectivity index (χ2v) is 5.84. The van der Waals surface area contributed by atoms with E-state index in [9.17, 15) is 18.0 Å². The lowest BCUT2D eigenvalue weighted by Gasteiger charge is -2.46. The Morgan fingerprint density at radius 2 is 1.77 bits per heavy atom. The van der Waals surface area contributed by atoms with Gasteiger partial charge in [-0.15, -0.1) is 0 Å². The topological polar surface area (TPSA) is 55.3 Å². The van der Waals surface area contributed by atoms with Crippen LogP contribution in [0.5, 0.6) is 0 Å². The number of likely N-dealkylation sites (N-methyl/N-ethyl adjacent to an activating group) is 1. The summed E-state index contributed by atoms with van der Waals surface area (Å²) in [5, 5.41) is 0. The van der Waals surface area contributed by atoms with Crippen molar-refractivity contribution < 1.29 is 22.7 Å². The summed E-state index contributed by atoms with van der Waals surface area (Å²) < 4.78 is 42.8. The third-order valence-electron chi connectivity index (χ3n) is 4.45. The first kappa shape index (κ1) is 15.4. The number of hydrogen-bond acceptors (Lipinski definition) is 5. The Bertz CT molecular complexity index is 547. The van der Waals surface area contributed by atoms with Crippen molar-refractivity contribution in [2.75, 3.05) is 20.3 Å². The van der Waals surface area contributed by atoms with Crippen LogP contribution in [0.25, 0.3) is 0 Å². The summed E-state index contributed by atoms with van der Waals surface area (Å²) in [6.07, 6.45) is -1.35. The SMILES string of the molecule is CN1C2COCC1CC(C(=O)c1cnc(C(F)(F)F)nc1)C2. The summed E-state index contributed by atoms with van der Waals surface area (Å²) >= 11 is 0. The molecule has 2 atom stereocenters. The highest BCUT2D eigenvalue weighted by Crippen LogP contribution is 2.32. The summed E-state index contributed by atoms with van der Waals surface area (Å²) in [6.45, 7) is 1.17. The molecular formula is C14H16F3N3O2. The van der Waals surface area contributed by atoms with Crippen LogP contribution in [0.2, 0.25) is 0 Å². The minimum absolute atomic E-state index is 0.140. The van der Waals surface area contributed by atoms with Gasteiger partial charge in [-0.2, -0.15) is 13.2 Å². The molecule has 1 aromatic heterocycles. The van der Waals surface area contributed by atoms with Crippen molar-refractivity contribution in [1.29, 1.82) is 0 Å². The number of nitrogens with zero attached hydrogens (tertiary/aromatic N) is 3. The highest BCUT2D eigenvalue weighted by molar-refractivity contribution is 5.97. The fourth-order valence-corrected chi connectivity index (χ4v) is 3.15. The van der Waals surface area contributed by atoms with Crippen molar-refractivity contribution in [1.82, 2.24) is 14.9 Å². The normalized spacial score (nSPS) is 29.4. The molecular weight excluding hydrogens is 299 g/mol. The van der Waals surface area contributed by atoms with E-state index in [1.165, 1.54) is 0 Å². The molecule has 0 spiro atoms. The van der Waals surface area contributed by atoms with Crippen molar-refractivity contribution in [3.8, 4) is 0 Å². The van der Waals surface area contributed by atoms with Crippen LogP contribution in [-0.4, -0.2) is 53.0 Å². The highest BCUT2D eigenvalue weighted by atomic mass is 19.4. The van der Waals surface area contributed by atoms with Crippen LogP contribution in [0.3, 0.4) is 0 Å². The molecule has 0 aromatic carbocycles. The predicted octanol–water partition coefficient (Wildman–Crippen LogP) is 1.79. The third kappa shape index (κ3) is 2.85. The van der Waals surface area contributed by atoms with Crippen molar-refractivity contribution in [2.24, 2.45) is 5.92 Å². The molecule has 2 aliphatic rings. The van der Waals surface area contributed by atoms with E-state index in [-0.39, 0.29) is 29.3 Å². The van der Waals surface area contributed by atoms with E-state index in [0.717, 1.165) is 12.4 Å². The van der Waals surface area contributed by atoms with Gasteiger partial charge in [0.2, 0.25) is 5.82 Å². The number of alkyl halides is 3. The molecule has 2 unspecified atom stereocenters. The quantitative estimate of drug-likeness (QED) is 0.779. The minimum Gasteiger partial charge on any atom is -0.378 e. The fourth-order valence-electron chi connectivity index (χ4n) is 3.15. The number of aromatic nitrogens is 2. The number of ether oxygens (including phenoxy) is 1. The zero-order valence-electron chi connectivity index (χ0n) is 12.0. The summed E-state index contributed by atoms with van der Waals surface area (Å²) in [4.78, 5) is 21.2. The number of rotatable bonds is 2. The number of carbonyl (C=O) groups excluding carboxylic acids is 1. The first-order valence-electron chi connectivity index (χ1n) is 7.09. The standard InChI is InChI=1S/C14H16F3N3O2/c1-20-10-2-8(3-11(20)7-22-6-10)12(21)9-4-18-13(19-5-9)14(15,16)17/h4-5,8,10-11H,2-3,6-7H2,1H3. The molecule has 22 heavy (non-hydrogen) atoms. The maximum absolute atomic E-state index is 12.5. The number of carbonyl (C=O) groups is 1. The molecule has 3 heterocycles. The number of fused-ring (bicyclic) bond motifs is 2. The van der Waals surface area contributed by atoms with Gasteiger partial charge in [-0.1, -0.05) is 0 Å². The van der Waals surface area contributed by atoms with Crippen molar-refractivity contribution in [2.45, 2.75) is 31.1 Å². The molecule has 3 rings (SSSR count). The molecule has 0 N–H and O–H groups in total. The number of halogens is 3. The number of piperidine rings is 1. The first-order chi connectivity index (χ1) is 10.4. The zero-order chi connectivity index (χ0) is 15.9. The van der Waals surface area contributed by atoms with E-state index in [2.05, 4.69) is 14.9 Å². The Balaban J connectivity index is 1.74. The number of hydrogen-bond donors (Lipinski definition) is 0. The lowest BCUT2D eigenvalue weighted by Crippen LogP contribution is -2.55. The maximum atomic E-state index is 12.5. The van der Waals surface area contributed by atoms with Gasteiger partial charge in [-0.25, -0.2) is 9.97 Å². The largest absolute Gasteiger partial charge is 0.451 e. The molecule has 2 bridgehead atoms. The Hall–Kier alpha value is -1.54. The van der Waals surface area contributed by atoms with E-state index in [1.54, 1.807) is 0 Å². The van der Waals surface area contributed by atoms with E-state index in [0.29, 0.717) is 26.1 Å². The molecule has 2 saturated heterocycles. The monoisotopic (exact) mass is 315 g/mol. The summed E-state index contributed by atoms with van der Waals surface area (Å²) in [6, 6.07) is 0.355. The first-order valence-corrected chi connectivity index (χ1v) is 7.09. The Morgan fingerprint density at radius 1 is 1.23 bits per heavy atom. The van der Waals surface area contributed by atoms with Gasteiger partial charge in [0.1, 0.15) is 0 Å². The van der Waals surface area contributed by atoms with Gasteiger partial charge >= 0.3 is 6.18 Å². The molecule has 1 aromatic rings. The second-order valence-electron chi connectivity index (χ2n) is 5.84. The zero-order valence-corrected chi connectivity index (χ0v) is 12.0. The summed E-state index contributed by atoms with van der Waals surface area (Å²) in [7, 11) is 2.01. The number of Topliss-reactive ketones (excluding diaryl/α,β-unsaturated/α-hetero) is 1. The van der Waals surface area contributed by atoms with Crippen molar-refractivity contribution in [3.63, 3.8) is 0 Å². The molecule has 0 amide bonds. The van der Waals surface area contributed by atoms with Gasteiger partial charge in [0, 0.05) is 30.4 Å². The fraction of sp³-hybridized carbons (Fsp3) is 0.643. The molecule has 2 aliphatic heterocycles. The van der Waals surface area contributed by atoms with Crippen LogP contribution in [0.4, 0.5) is 13.2 Å². The predicted molar refractivity (Wildman–Crippen MR) is 70.2 cm³/mol. The lowest BCUT2D eigenvalue weighted by atomic mass is 9.81. The van der Waals surface area contributed by atoms with Crippen LogP contribution in [0.1, 0.15) is 29.0 Å². The third-order valence-corrected chi connectivity index (χ3v) is 4.45. The Kier molecular flexibility index (Phi) is 3.90. The lowest BCUT2D eigenvalue weighted by molar-refractivity contribution is -0.145. The molecule has 0 radical (unpaired) electrons. The van der Waals surface area contributed by atoms with E-state index < -0.39 is 12.0 Å². The Labute approximate surface area is 125 Å². The molecule has 0 saturated carbocycles. The van der Waals surface area contributed by atoms with Gasteiger partial charge in [-0.05, 0) is 19.9 Å². The summed E-state index contributed by atoms with van der Waals surface area (Å²) in [5.74, 6) is -1.62. The van der Waals surface area contributed by atoms with Gasteiger partial charge in [0.15, 0.2) is 5.78 Å². The van der Waals surface area contributed by atoms with E-state index >= 15 is 0 Å².